The molecular weight excluding hydrogens is 198 g/mol. The lowest BCUT2D eigenvalue weighted by molar-refractivity contribution is 0.586. The Morgan fingerprint density at radius 2 is 2.14 bits per heavy atom. The van der Waals surface area contributed by atoms with E-state index < -0.39 is 9.84 Å². The van der Waals surface area contributed by atoms with E-state index in [9.17, 15) is 8.42 Å². The van der Waals surface area contributed by atoms with Crippen LogP contribution in [-0.4, -0.2) is 19.2 Å². The first-order chi connectivity index (χ1) is 6.50. The van der Waals surface area contributed by atoms with E-state index in [1.807, 2.05) is 0 Å². The number of hydrogen-bond acceptors (Lipinski definition) is 2. The second-order valence-electron chi connectivity index (χ2n) is 4.14. The van der Waals surface area contributed by atoms with E-state index in [0.717, 1.165) is 24.2 Å². The average molecular weight is 213 g/mol. The molecule has 0 bridgehead atoms. The van der Waals surface area contributed by atoms with E-state index in [1.165, 1.54) is 0 Å². The summed E-state index contributed by atoms with van der Waals surface area (Å²) in [5, 5.41) is 0. The molecule has 1 aliphatic heterocycles. The van der Waals surface area contributed by atoms with Gasteiger partial charge in [0.25, 0.3) is 0 Å². The van der Waals surface area contributed by atoms with E-state index >= 15 is 0 Å². The van der Waals surface area contributed by atoms with Crippen LogP contribution in [0.1, 0.15) is 37.6 Å². The van der Waals surface area contributed by atoms with Crippen LogP contribution in [0.25, 0.3) is 0 Å². The number of nitrogens with one attached hydrogen (secondary N) is 1. The van der Waals surface area contributed by atoms with Gasteiger partial charge >= 0.3 is 0 Å². The maximum Gasteiger partial charge on any atom is 0.180 e. The molecular formula is C10H15NO2S. The van der Waals surface area contributed by atoms with Gasteiger partial charge in [-0.15, -0.1) is 0 Å². The monoisotopic (exact) mass is 213 g/mol. The Morgan fingerprint density at radius 3 is 2.71 bits per heavy atom. The molecule has 1 N–H and O–H groups in total. The first kappa shape index (κ1) is 9.77. The molecule has 0 aromatic carbocycles. The van der Waals surface area contributed by atoms with Crippen LogP contribution in [0.5, 0.6) is 0 Å². The van der Waals surface area contributed by atoms with Crippen LogP contribution in [0.4, 0.5) is 0 Å². The topological polar surface area (TPSA) is 49.9 Å². The first-order valence-electron chi connectivity index (χ1n) is 4.95. The molecule has 1 aromatic heterocycles. The third-order valence-electron chi connectivity index (χ3n) is 2.68. The summed E-state index contributed by atoms with van der Waals surface area (Å²) in [6.07, 6.45) is 1.61. The average Bonchev–Trinajstić information content (AvgIpc) is 2.48. The molecule has 0 aliphatic carbocycles. The fourth-order valence-corrected chi connectivity index (χ4v) is 3.40. The second kappa shape index (κ2) is 3.12. The Hall–Kier alpha value is -0.770. The molecule has 1 aromatic rings. The smallest absolute Gasteiger partial charge is 0.180 e. The molecule has 0 saturated carbocycles. The maximum atomic E-state index is 11.7. The van der Waals surface area contributed by atoms with Crippen molar-refractivity contribution >= 4 is 9.84 Å². The minimum atomic E-state index is -2.99. The number of fused-ring (bicyclic) bond motifs is 1. The molecule has 0 saturated heterocycles. The van der Waals surface area contributed by atoms with Crippen LogP contribution in [0.2, 0.25) is 0 Å². The third kappa shape index (κ3) is 1.47. The maximum absolute atomic E-state index is 11.7. The zero-order valence-corrected chi connectivity index (χ0v) is 9.32. The number of aryl methyl sites for hydroxylation is 1. The quantitative estimate of drug-likeness (QED) is 0.774. The predicted octanol–water partition coefficient (Wildman–Crippen LogP) is 1.86. The largest absolute Gasteiger partial charge is 0.361 e. The second-order valence-corrected chi connectivity index (χ2v) is 6.22. The molecule has 0 fully saturated rings. The molecule has 2 heterocycles. The van der Waals surface area contributed by atoms with Gasteiger partial charge in [0.05, 0.1) is 10.6 Å². The number of hydrogen-bond donors (Lipinski definition) is 1. The van der Waals surface area contributed by atoms with Crippen LogP contribution in [0, 0.1) is 0 Å². The molecule has 14 heavy (non-hydrogen) atoms. The van der Waals surface area contributed by atoms with Gasteiger partial charge in [-0.1, -0.05) is 13.8 Å². The van der Waals surface area contributed by atoms with E-state index in [4.69, 9.17) is 0 Å². The minimum absolute atomic E-state index is 0.301. The summed E-state index contributed by atoms with van der Waals surface area (Å²) in [7, 11) is -2.99. The van der Waals surface area contributed by atoms with E-state index in [0.29, 0.717) is 16.6 Å². The molecule has 78 valence electrons. The fraction of sp³-hybridized carbons (Fsp3) is 0.600. The van der Waals surface area contributed by atoms with Crippen molar-refractivity contribution in [1.82, 2.24) is 4.98 Å². The van der Waals surface area contributed by atoms with Gasteiger partial charge in [0.15, 0.2) is 9.84 Å². The summed E-state index contributed by atoms with van der Waals surface area (Å²) in [5.41, 5.74) is 1.93. The van der Waals surface area contributed by atoms with E-state index in [-0.39, 0.29) is 0 Å². The van der Waals surface area contributed by atoms with Gasteiger partial charge in [-0.25, -0.2) is 8.42 Å². The standard InChI is InChI=1S/C10H15NO2S/c1-7(2)9-6-10-8(11-9)4-3-5-14(10,12)13/h6-7,11H,3-5H2,1-2H3. The van der Waals surface area contributed by atoms with Crippen LogP contribution >= 0.6 is 0 Å². The SMILES string of the molecule is CC(C)c1cc2c([nH]1)CCCS2(=O)=O. The zero-order chi connectivity index (χ0) is 10.3. The van der Waals surface area contributed by atoms with Crippen molar-refractivity contribution in [3.8, 4) is 0 Å². The number of aromatic nitrogens is 1. The summed E-state index contributed by atoms with van der Waals surface area (Å²) in [6, 6.07) is 1.80. The number of H-pyrrole nitrogens is 1. The van der Waals surface area contributed by atoms with Crippen molar-refractivity contribution in [2.24, 2.45) is 0 Å². The first-order valence-corrected chi connectivity index (χ1v) is 6.60. The molecule has 0 atom stereocenters. The lowest BCUT2D eigenvalue weighted by Gasteiger charge is -2.10. The van der Waals surface area contributed by atoms with Gasteiger partial charge in [0.1, 0.15) is 0 Å². The van der Waals surface area contributed by atoms with Crippen LogP contribution in [0.3, 0.4) is 0 Å². The van der Waals surface area contributed by atoms with Gasteiger partial charge in [-0.05, 0) is 24.8 Å². The molecule has 0 amide bonds. The van der Waals surface area contributed by atoms with Gasteiger partial charge in [0, 0.05) is 11.4 Å². The van der Waals surface area contributed by atoms with Crippen molar-refractivity contribution in [3.05, 3.63) is 17.5 Å². The third-order valence-corrected chi connectivity index (χ3v) is 4.54. The van der Waals surface area contributed by atoms with Crippen LogP contribution < -0.4 is 0 Å². The van der Waals surface area contributed by atoms with E-state index in [1.54, 1.807) is 6.07 Å². The molecule has 0 spiro atoms. The molecule has 0 radical (unpaired) electrons. The summed E-state index contributed by atoms with van der Waals surface area (Å²) in [5.74, 6) is 0.658. The highest BCUT2D eigenvalue weighted by molar-refractivity contribution is 7.91. The van der Waals surface area contributed by atoms with Crippen molar-refractivity contribution in [3.63, 3.8) is 0 Å². The number of sulfone groups is 1. The highest BCUT2D eigenvalue weighted by Gasteiger charge is 2.26. The summed E-state index contributed by atoms with van der Waals surface area (Å²) in [4.78, 5) is 3.74. The molecule has 4 heteroatoms. The molecule has 2 rings (SSSR count). The Labute approximate surface area is 84.4 Å². The normalized spacial score (nSPS) is 19.6. The Morgan fingerprint density at radius 1 is 1.43 bits per heavy atom. The molecule has 3 nitrogen and oxygen atoms in total. The highest BCUT2D eigenvalue weighted by Crippen LogP contribution is 2.28. The van der Waals surface area contributed by atoms with Gasteiger partial charge in [0.2, 0.25) is 0 Å². The summed E-state index contributed by atoms with van der Waals surface area (Å²) < 4.78 is 23.4. The van der Waals surface area contributed by atoms with E-state index in [2.05, 4.69) is 18.8 Å². The minimum Gasteiger partial charge on any atom is -0.361 e. The highest BCUT2D eigenvalue weighted by atomic mass is 32.2. The zero-order valence-electron chi connectivity index (χ0n) is 8.50. The van der Waals surface area contributed by atoms with Crippen LogP contribution in [0.15, 0.2) is 11.0 Å². The van der Waals surface area contributed by atoms with Crippen LogP contribution in [-0.2, 0) is 16.3 Å². The Bertz CT molecular complexity index is 443. The van der Waals surface area contributed by atoms with Crippen molar-refractivity contribution < 1.29 is 8.42 Å². The molecule has 1 aliphatic rings. The fourth-order valence-electron chi connectivity index (χ4n) is 1.82. The van der Waals surface area contributed by atoms with Gasteiger partial charge in [-0.3, -0.25) is 0 Å². The summed E-state index contributed by atoms with van der Waals surface area (Å²) >= 11 is 0. The lowest BCUT2D eigenvalue weighted by Crippen LogP contribution is -2.14. The summed E-state index contributed by atoms with van der Waals surface area (Å²) in [6.45, 7) is 4.12. The van der Waals surface area contributed by atoms with Crippen molar-refractivity contribution in [2.75, 3.05) is 5.75 Å². The lowest BCUT2D eigenvalue weighted by atomic mass is 10.1. The Kier molecular flexibility index (Phi) is 2.18. The van der Waals surface area contributed by atoms with Gasteiger partial charge < -0.3 is 4.98 Å². The Balaban J connectivity index is 2.55. The predicted molar refractivity (Wildman–Crippen MR) is 55.3 cm³/mol. The number of aromatic amines is 1. The molecule has 0 unspecified atom stereocenters. The number of rotatable bonds is 1. The van der Waals surface area contributed by atoms with Crippen molar-refractivity contribution in [2.45, 2.75) is 37.5 Å². The van der Waals surface area contributed by atoms with Gasteiger partial charge in [-0.2, -0.15) is 0 Å². The van der Waals surface area contributed by atoms with Crippen molar-refractivity contribution in [1.29, 1.82) is 0 Å².